The van der Waals surface area contributed by atoms with Gasteiger partial charge in [-0.2, -0.15) is 0 Å². The van der Waals surface area contributed by atoms with Crippen molar-refractivity contribution in [2.75, 3.05) is 13.2 Å². The van der Waals surface area contributed by atoms with E-state index in [0.29, 0.717) is 0 Å². The fraction of sp³-hybridized carbons (Fsp3) is 0.524. The molecule has 0 aliphatic carbocycles. The maximum atomic E-state index is 15.9. The van der Waals surface area contributed by atoms with E-state index in [4.69, 9.17) is 46.9 Å². The van der Waals surface area contributed by atoms with Crippen molar-refractivity contribution in [3.05, 3.63) is 35.0 Å². The Labute approximate surface area is 251 Å². The van der Waals surface area contributed by atoms with Crippen molar-refractivity contribution >= 4 is 62.5 Å². The molecule has 4 aliphatic rings. The third-order valence-corrected chi connectivity index (χ3v) is 9.92. The Morgan fingerprint density at radius 3 is 2.41 bits per heavy atom. The number of ether oxygens (including phenoxy) is 2. The molecule has 2 N–H and O–H groups in total. The van der Waals surface area contributed by atoms with Crippen LogP contribution in [0.1, 0.15) is 29.4 Å². The molecule has 3 fully saturated rings. The van der Waals surface area contributed by atoms with E-state index >= 15 is 8.78 Å². The molecule has 3 saturated heterocycles. The number of hydrogen-bond acceptors (Lipinski definition) is 14. The van der Waals surface area contributed by atoms with Crippen LogP contribution in [0.15, 0.2) is 28.8 Å². The number of carbonyl (C=O) groups excluding carboxylic acids is 1. The number of Topliss-reactive ketones (excluding diaryl/α,β-unsaturated/α-hetero) is 1. The second kappa shape index (κ2) is 11.0. The van der Waals surface area contributed by atoms with Gasteiger partial charge in [0.2, 0.25) is 7.57 Å². The van der Waals surface area contributed by atoms with Crippen LogP contribution in [0.2, 0.25) is 0 Å². The lowest BCUT2D eigenvalue weighted by Gasteiger charge is -2.29. The highest BCUT2D eigenvalue weighted by Crippen LogP contribution is 2.54. The van der Waals surface area contributed by atoms with E-state index < -0.39 is 82.2 Å². The maximum Gasteiger partial charge on any atom is 0.325 e. The number of aliphatic imine (C=N–C) groups is 1. The lowest BCUT2D eigenvalue weighted by atomic mass is 10.1. The maximum absolute atomic E-state index is 15.9. The van der Waals surface area contributed by atoms with Crippen LogP contribution in [0.5, 0.6) is 0 Å². The lowest BCUT2D eigenvalue weighted by Crippen LogP contribution is -2.37. The summed E-state index contributed by atoms with van der Waals surface area (Å²) in [5.74, 6) is -0.299. The first-order chi connectivity index (χ1) is 20.9. The molecule has 4 aliphatic heterocycles. The summed E-state index contributed by atoms with van der Waals surface area (Å²) in [5, 5.41) is 0. The first kappa shape index (κ1) is 30.1. The zero-order valence-electron chi connectivity index (χ0n) is 22.0. The summed E-state index contributed by atoms with van der Waals surface area (Å²) in [6, 6.07) is 0. The predicted molar refractivity (Wildman–Crippen MR) is 147 cm³/mol. The Kier molecular flexibility index (Phi) is 7.56. The van der Waals surface area contributed by atoms with Crippen LogP contribution >= 0.6 is 14.2 Å². The molecule has 23 heteroatoms. The molecule has 4 unspecified atom stereocenters. The van der Waals surface area contributed by atoms with E-state index in [9.17, 15) is 19.0 Å². The minimum atomic E-state index is -4.61. The third-order valence-electron chi connectivity index (χ3n) is 7.31. The number of nitrogens with zero attached hydrogens (tertiary/aromatic N) is 6. The predicted octanol–water partition coefficient (Wildman–Crippen LogP) is 1.09. The number of halogens is 2. The topological polar surface area (TPSA) is 203 Å². The van der Waals surface area contributed by atoms with E-state index in [0.717, 1.165) is 28.1 Å². The lowest BCUT2D eigenvalue weighted by molar-refractivity contribution is -0.0568. The van der Waals surface area contributed by atoms with Crippen molar-refractivity contribution in [2.24, 2.45) is 4.99 Å². The van der Waals surface area contributed by atoms with Crippen LogP contribution in [0.4, 0.5) is 14.6 Å². The molecular formula is C21H20BF2N7O10P2S. The normalized spacial score (nSPS) is 39.4. The fourth-order valence-corrected chi connectivity index (χ4v) is 7.76. The zero-order valence-corrected chi connectivity index (χ0v) is 24.6. The average molecular weight is 673 g/mol. The molecule has 0 aromatic carbocycles. The number of carbonyl (C=O) groups is 1. The molecule has 0 spiro atoms. The second-order valence-corrected chi connectivity index (χ2v) is 14.4. The van der Waals surface area contributed by atoms with Gasteiger partial charge in [-0.3, -0.25) is 27.8 Å². The number of aromatic nitrogens is 6. The van der Waals surface area contributed by atoms with Crippen LogP contribution in [-0.2, 0) is 43.9 Å². The van der Waals surface area contributed by atoms with Gasteiger partial charge in [0.25, 0.3) is 13.0 Å². The molecule has 0 bridgehead atoms. The third kappa shape index (κ3) is 5.24. The monoisotopic (exact) mass is 673 g/mol. The molecule has 2 radical (unpaired) electrons. The van der Waals surface area contributed by atoms with Crippen molar-refractivity contribution in [3.8, 4) is 0 Å². The average Bonchev–Trinajstić information content (AvgIpc) is 3.73. The van der Waals surface area contributed by atoms with Crippen LogP contribution in [0.3, 0.4) is 0 Å². The standard InChI is InChI=1S/C21H20BF2N7O10P2S/c22-42(34)36-3-9-16(12(24)21(38-9)31-7-29-14-18(31)26-5-27-19(14)33)41-43(35,44)37-4-10-15(40-42)11(23)20(39-10)30-6-28-13-8(32)1-2-25-17(13)30/h2,5-7,9-12,15-16,20-21H,1,3-4H2,(H,35,44)(H,26,27,33)/t9-,10-,11+,12?,15?,16+,20-,21-,42?,43?/m1/s1. The van der Waals surface area contributed by atoms with Crippen LogP contribution in [-0.4, -0.2) is 104 Å². The minimum Gasteiger partial charge on any atom is -0.346 e. The SMILES string of the molecule is [B]P1(=O)OC[C@H]2O[C@@H](n3cnc4c(=O)[nH]cnc43)C(F)[C@H]2OP(O)(=S)OC[C@H]2O[C@@H](n3cnc4c3N=CCC4=O)[C@@H](F)C2O1. The van der Waals surface area contributed by atoms with Gasteiger partial charge in [0.05, 0.1) is 32.2 Å². The summed E-state index contributed by atoms with van der Waals surface area (Å²) in [5.41, 5.74) is -0.684. The van der Waals surface area contributed by atoms with E-state index in [2.05, 4.69) is 24.9 Å². The summed E-state index contributed by atoms with van der Waals surface area (Å²) < 4.78 is 80.4. The molecule has 7 heterocycles. The first-order valence-electron chi connectivity index (χ1n) is 12.9. The van der Waals surface area contributed by atoms with Gasteiger partial charge in [-0.15, -0.1) is 0 Å². The molecule has 0 saturated carbocycles. The number of imidazole rings is 2. The van der Waals surface area contributed by atoms with Crippen molar-refractivity contribution in [1.29, 1.82) is 0 Å². The molecule has 3 aromatic rings. The summed E-state index contributed by atoms with van der Waals surface area (Å²) in [7, 11) is 1.20. The van der Waals surface area contributed by atoms with Crippen LogP contribution < -0.4 is 5.56 Å². The van der Waals surface area contributed by atoms with Gasteiger partial charge in [0.15, 0.2) is 53.3 Å². The molecule has 10 atom stereocenters. The Balaban J connectivity index is 1.16. The summed E-state index contributed by atoms with van der Waals surface area (Å²) in [6.07, 6.45) is -8.63. The van der Waals surface area contributed by atoms with Gasteiger partial charge in [0.1, 0.15) is 24.4 Å². The molecule has 3 aromatic heterocycles. The number of alkyl halides is 2. The second-order valence-electron chi connectivity index (χ2n) is 10.1. The van der Waals surface area contributed by atoms with E-state index in [1.165, 1.54) is 6.21 Å². The molecule has 17 nitrogen and oxygen atoms in total. The summed E-state index contributed by atoms with van der Waals surface area (Å²) >= 11 is 5.11. The molecular weight excluding hydrogens is 653 g/mol. The van der Waals surface area contributed by atoms with Crippen LogP contribution in [0, 0.1) is 0 Å². The quantitative estimate of drug-likeness (QED) is 0.289. The van der Waals surface area contributed by atoms with E-state index in [-0.39, 0.29) is 34.9 Å². The molecule has 232 valence electrons. The van der Waals surface area contributed by atoms with Crippen molar-refractivity contribution in [1.82, 2.24) is 29.1 Å². The van der Waals surface area contributed by atoms with Gasteiger partial charge >= 0.3 is 6.72 Å². The van der Waals surface area contributed by atoms with Gasteiger partial charge in [0, 0.05) is 12.6 Å². The number of fused-ring (bicyclic) bond motifs is 4. The van der Waals surface area contributed by atoms with Crippen molar-refractivity contribution < 1.29 is 50.6 Å². The molecule has 0 amide bonds. The number of hydrogen-bond donors (Lipinski definition) is 2. The number of H-pyrrole nitrogens is 1. The Hall–Kier alpha value is -2.58. The summed E-state index contributed by atoms with van der Waals surface area (Å²) in [6.45, 7) is -5.70. The smallest absolute Gasteiger partial charge is 0.325 e. The highest BCUT2D eigenvalue weighted by molar-refractivity contribution is 8.07. The first-order valence-corrected chi connectivity index (χ1v) is 17.1. The van der Waals surface area contributed by atoms with Gasteiger partial charge in [-0.1, -0.05) is 0 Å². The van der Waals surface area contributed by atoms with Gasteiger partial charge in [-0.05, 0) is 11.8 Å². The van der Waals surface area contributed by atoms with Crippen molar-refractivity contribution in [2.45, 2.75) is 55.6 Å². The Morgan fingerprint density at radius 2 is 1.66 bits per heavy atom. The number of aromatic amines is 1. The van der Waals surface area contributed by atoms with E-state index in [1.54, 1.807) is 0 Å². The minimum absolute atomic E-state index is 0.00958. The van der Waals surface area contributed by atoms with Crippen LogP contribution in [0.25, 0.3) is 11.2 Å². The summed E-state index contributed by atoms with van der Waals surface area (Å²) in [4.78, 5) is 53.5. The number of rotatable bonds is 2. The Bertz CT molecular complexity index is 1830. The van der Waals surface area contributed by atoms with Gasteiger partial charge in [-0.25, -0.2) is 28.7 Å². The van der Waals surface area contributed by atoms with Gasteiger partial charge < -0.3 is 32.9 Å². The molecule has 44 heavy (non-hydrogen) atoms. The number of ketones is 1. The highest BCUT2D eigenvalue weighted by Gasteiger charge is 2.54. The highest BCUT2D eigenvalue weighted by atomic mass is 32.5. The Morgan fingerprint density at radius 1 is 1.00 bits per heavy atom. The molecule has 7 rings (SSSR count). The number of nitrogens with one attached hydrogen (secondary N) is 1. The largest absolute Gasteiger partial charge is 0.346 e. The van der Waals surface area contributed by atoms with E-state index in [1.807, 2.05) is 0 Å². The van der Waals surface area contributed by atoms with Crippen molar-refractivity contribution in [3.63, 3.8) is 0 Å². The fourth-order valence-electron chi connectivity index (χ4n) is 5.31. The zero-order chi connectivity index (χ0) is 31.0.